The zero-order valence-corrected chi connectivity index (χ0v) is 16.8. The zero-order chi connectivity index (χ0) is 21.9. The highest BCUT2D eigenvalue weighted by atomic mass is 16.2. The topological polar surface area (TPSA) is 96.9 Å². The van der Waals surface area contributed by atoms with E-state index in [2.05, 4.69) is 25.6 Å². The van der Waals surface area contributed by atoms with Gasteiger partial charge in [-0.25, -0.2) is 4.98 Å². The standard InChI is InChI=1S/C25H17N5O2/c31-24(29-18-10-1-6-16-8-4-14-26-22(16)18)20-12-3-13-21(28-20)25(32)30-19-11-2-7-17-9-5-15-27-23(17)19/h1-15H,(H,29,31)(H,30,32). The highest BCUT2D eigenvalue weighted by molar-refractivity contribution is 6.10. The van der Waals surface area contributed by atoms with Crippen LogP contribution in [0, 0.1) is 0 Å². The van der Waals surface area contributed by atoms with Gasteiger partial charge in [0.05, 0.1) is 22.4 Å². The number of rotatable bonds is 4. The minimum absolute atomic E-state index is 0.127. The predicted octanol–water partition coefficient (Wildman–Crippen LogP) is 4.68. The molecular formula is C25H17N5O2. The lowest BCUT2D eigenvalue weighted by Gasteiger charge is -2.10. The number of nitrogens with zero attached hydrogens (tertiary/aromatic N) is 3. The molecule has 5 aromatic rings. The summed E-state index contributed by atoms with van der Waals surface area (Å²) in [6.45, 7) is 0. The quantitative estimate of drug-likeness (QED) is 0.441. The average molecular weight is 419 g/mol. The highest BCUT2D eigenvalue weighted by Gasteiger charge is 2.15. The Labute approximate surface area is 183 Å². The maximum absolute atomic E-state index is 12.8. The van der Waals surface area contributed by atoms with Gasteiger partial charge in [-0.2, -0.15) is 0 Å². The molecule has 5 rings (SSSR count). The van der Waals surface area contributed by atoms with Crippen molar-refractivity contribution in [3.05, 3.63) is 103 Å². The van der Waals surface area contributed by atoms with E-state index in [1.54, 1.807) is 42.7 Å². The molecule has 3 heterocycles. The number of para-hydroxylation sites is 2. The average Bonchev–Trinajstić information content (AvgIpc) is 2.84. The molecule has 2 aromatic carbocycles. The number of aromatic nitrogens is 3. The van der Waals surface area contributed by atoms with Gasteiger partial charge in [-0.1, -0.05) is 42.5 Å². The minimum Gasteiger partial charge on any atom is -0.319 e. The summed E-state index contributed by atoms with van der Waals surface area (Å²) in [4.78, 5) is 38.6. The molecule has 0 unspecified atom stereocenters. The Morgan fingerprint density at radius 1 is 0.562 bits per heavy atom. The third kappa shape index (κ3) is 3.75. The molecule has 3 aromatic heterocycles. The lowest BCUT2D eigenvalue weighted by molar-refractivity contribution is 0.101. The number of amides is 2. The number of carbonyl (C=O) groups excluding carboxylic acids is 2. The van der Waals surface area contributed by atoms with Crippen LogP contribution in [0.2, 0.25) is 0 Å². The Balaban J connectivity index is 1.39. The molecule has 0 fully saturated rings. The lowest BCUT2D eigenvalue weighted by Crippen LogP contribution is -2.18. The van der Waals surface area contributed by atoms with E-state index < -0.39 is 11.8 Å². The van der Waals surface area contributed by atoms with Crippen LogP contribution in [-0.4, -0.2) is 26.8 Å². The number of nitrogens with one attached hydrogen (secondary N) is 2. The molecule has 0 aliphatic rings. The van der Waals surface area contributed by atoms with E-state index in [1.165, 1.54) is 0 Å². The van der Waals surface area contributed by atoms with Gasteiger partial charge in [-0.15, -0.1) is 0 Å². The van der Waals surface area contributed by atoms with Crippen LogP contribution in [0.15, 0.2) is 91.3 Å². The fourth-order valence-corrected chi connectivity index (χ4v) is 3.47. The van der Waals surface area contributed by atoms with Gasteiger partial charge in [0.2, 0.25) is 0 Å². The van der Waals surface area contributed by atoms with Gasteiger partial charge in [0, 0.05) is 23.2 Å². The fraction of sp³-hybridized carbons (Fsp3) is 0. The van der Waals surface area contributed by atoms with Crippen LogP contribution >= 0.6 is 0 Å². The van der Waals surface area contributed by atoms with E-state index >= 15 is 0 Å². The van der Waals surface area contributed by atoms with Crippen LogP contribution in [0.5, 0.6) is 0 Å². The monoisotopic (exact) mass is 419 g/mol. The van der Waals surface area contributed by atoms with Gasteiger partial charge in [0.25, 0.3) is 11.8 Å². The van der Waals surface area contributed by atoms with Gasteiger partial charge in [0.15, 0.2) is 0 Å². The molecule has 0 aliphatic heterocycles. The van der Waals surface area contributed by atoms with Crippen molar-refractivity contribution in [2.75, 3.05) is 10.6 Å². The van der Waals surface area contributed by atoms with E-state index in [4.69, 9.17) is 0 Å². The number of benzene rings is 2. The smallest absolute Gasteiger partial charge is 0.274 e. The van der Waals surface area contributed by atoms with Crippen LogP contribution in [0.1, 0.15) is 21.0 Å². The Hall–Kier alpha value is -4.65. The molecule has 7 nitrogen and oxygen atoms in total. The molecule has 154 valence electrons. The van der Waals surface area contributed by atoms with Gasteiger partial charge in [-0.05, 0) is 36.4 Å². The third-order valence-electron chi connectivity index (χ3n) is 4.98. The van der Waals surface area contributed by atoms with Gasteiger partial charge < -0.3 is 10.6 Å². The van der Waals surface area contributed by atoms with Crippen LogP contribution < -0.4 is 10.6 Å². The van der Waals surface area contributed by atoms with Crippen molar-refractivity contribution >= 4 is 45.0 Å². The van der Waals surface area contributed by atoms with E-state index in [9.17, 15) is 9.59 Å². The Morgan fingerprint density at radius 2 is 1.00 bits per heavy atom. The molecule has 32 heavy (non-hydrogen) atoms. The van der Waals surface area contributed by atoms with Crippen LogP contribution in [-0.2, 0) is 0 Å². The molecule has 0 bridgehead atoms. The normalized spacial score (nSPS) is 10.8. The number of fused-ring (bicyclic) bond motifs is 2. The molecule has 2 amide bonds. The summed E-state index contributed by atoms with van der Waals surface area (Å²) >= 11 is 0. The zero-order valence-electron chi connectivity index (χ0n) is 16.8. The lowest BCUT2D eigenvalue weighted by atomic mass is 10.2. The molecular weight excluding hydrogens is 402 g/mol. The second kappa shape index (κ2) is 8.23. The van der Waals surface area contributed by atoms with Crippen molar-refractivity contribution in [3.63, 3.8) is 0 Å². The summed E-state index contributed by atoms with van der Waals surface area (Å²) < 4.78 is 0. The summed E-state index contributed by atoms with van der Waals surface area (Å²) in [6, 6.07) is 23.3. The van der Waals surface area contributed by atoms with E-state index in [0.29, 0.717) is 22.4 Å². The van der Waals surface area contributed by atoms with Crippen LogP contribution in [0.25, 0.3) is 21.8 Å². The van der Waals surface area contributed by atoms with Crippen molar-refractivity contribution in [1.29, 1.82) is 0 Å². The van der Waals surface area contributed by atoms with Crippen molar-refractivity contribution in [3.8, 4) is 0 Å². The Morgan fingerprint density at radius 3 is 1.50 bits per heavy atom. The Bertz CT molecular complexity index is 1360. The van der Waals surface area contributed by atoms with E-state index in [0.717, 1.165) is 10.8 Å². The first kappa shape index (κ1) is 19.3. The van der Waals surface area contributed by atoms with E-state index in [1.807, 2.05) is 48.5 Å². The second-order valence-corrected chi connectivity index (χ2v) is 7.08. The largest absolute Gasteiger partial charge is 0.319 e. The number of pyridine rings is 3. The summed E-state index contributed by atoms with van der Waals surface area (Å²) in [7, 11) is 0. The van der Waals surface area contributed by atoms with Gasteiger partial charge in [-0.3, -0.25) is 19.6 Å². The third-order valence-corrected chi connectivity index (χ3v) is 4.98. The second-order valence-electron chi connectivity index (χ2n) is 7.08. The summed E-state index contributed by atoms with van der Waals surface area (Å²) in [5.41, 5.74) is 2.77. The molecule has 0 saturated carbocycles. The van der Waals surface area contributed by atoms with Gasteiger partial charge >= 0.3 is 0 Å². The summed E-state index contributed by atoms with van der Waals surface area (Å²) in [5, 5.41) is 7.50. The predicted molar refractivity (Wildman–Crippen MR) is 124 cm³/mol. The highest BCUT2D eigenvalue weighted by Crippen LogP contribution is 2.22. The molecule has 0 atom stereocenters. The SMILES string of the molecule is O=C(Nc1cccc2cccnc12)c1cccc(C(=O)Nc2cccc3cccnc23)n1. The van der Waals surface area contributed by atoms with Crippen molar-refractivity contribution in [2.24, 2.45) is 0 Å². The molecule has 7 heteroatoms. The molecule has 0 spiro atoms. The first-order chi connectivity index (χ1) is 15.7. The fourth-order valence-electron chi connectivity index (χ4n) is 3.47. The van der Waals surface area contributed by atoms with Crippen molar-refractivity contribution in [1.82, 2.24) is 15.0 Å². The number of hydrogen-bond acceptors (Lipinski definition) is 5. The van der Waals surface area contributed by atoms with Crippen LogP contribution in [0.4, 0.5) is 11.4 Å². The molecule has 0 aliphatic carbocycles. The number of carbonyl (C=O) groups is 2. The first-order valence-corrected chi connectivity index (χ1v) is 9.96. The molecule has 0 radical (unpaired) electrons. The summed E-state index contributed by atoms with van der Waals surface area (Å²) in [6.07, 6.45) is 3.34. The molecule has 2 N–H and O–H groups in total. The van der Waals surface area contributed by atoms with Crippen LogP contribution in [0.3, 0.4) is 0 Å². The van der Waals surface area contributed by atoms with E-state index in [-0.39, 0.29) is 11.4 Å². The minimum atomic E-state index is -0.426. The maximum Gasteiger partial charge on any atom is 0.274 e. The Kier molecular flexibility index (Phi) is 4.97. The maximum atomic E-state index is 12.8. The number of hydrogen-bond donors (Lipinski definition) is 2. The first-order valence-electron chi connectivity index (χ1n) is 9.96. The van der Waals surface area contributed by atoms with Crippen molar-refractivity contribution in [2.45, 2.75) is 0 Å². The summed E-state index contributed by atoms with van der Waals surface area (Å²) in [5.74, 6) is -0.853. The molecule has 0 saturated heterocycles. The van der Waals surface area contributed by atoms with Crippen molar-refractivity contribution < 1.29 is 9.59 Å². The number of anilines is 2. The van der Waals surface area contributed by atoms with Gasteiger partial charge in [0.1, 0.15) is 11.4 Å².